The van der Waals surface area contributed by atoms with E-state index >= 15 is 0 Å². The van der Waals surface area contributed by atoms with Gasteiger partial charge in [0.05, 0.1) is 0 Å². The van der Waals surface area contributed by atoms with Gasteiger partial charge in [0.25, 0.3) is 5.91 Å². The van der Waals surface area contributed by atoms with Crippen molar-refractivity contribution in [3.05, 3.63) is 35.4 Å². The Labute approximate surface area is 103 Å². The second-order valence-electron chi connectivity index (χ2n) is 4.92. The molecule has 1 aromatic carbocycles. The lowest BCUT2D eigenvalue weighted by molar-refractivity contribution is 0.0915. The number of benzene rings is 1. The van der Waals surface area contributed by atoms with E-state index in [4.69, 9.17) is 0 Å². The minimum absolute atomic E-state index is 0.0363. The molecule has 0 spiro atoms. The van der Waals surface area contributed by atoms with E-state index in [1.54, 1.807) is 0 Å². The molecule has 1 fully saturated rings. The van der Waals surface area contributed by atoms with Gasteiger partial charge in [0.2, 0.25) is 0 Å². The Morgan fingerprint density at radius 1 is 1.47 bits per heavy atom. The monoisotopic (exact) mass is 232 g/mol. The van der Waals surface area contributed by atoms with Crippen molar-refractivity contribution in [2.75, 3.05) is 13.1 Å². The Kier molecular flexibility index (Phi) is 3.79. The molecule has 2 N–H and O–H groups in total. The van der Waals surface area contributed by atoms with Crippen LogP contribution in [0.5, 0.6) is 0 Å². The van der Waals surface area contributed by atoms with Gasteiger partial charge in [-0.05, 0) is 37.9 Å². The number of carbonyl (C=O) groups excluding carboxylic acids is 1. The molecule has 1 aliphatic heterocycles. The maximum atomic E-state index is 12.1. The van der Waals surface area contributed by atoms with E-state index in [2.05, 4.69) is 17.6 Å². The molecular formula is C14H20N2O. The smallest absolute Gasteiger partial charge is 0.251 e. The van der Waals surface area contributed by atoms with Gasteiger partial charge in [0, 0.05) is 18.2 Å². The zero-order valence-electron chi connectivity index (χ0n) is 10.5. The molecule has 3 nitrogen and oxygen atoms in total. The summed E-state index contributed by atoms with van der Waals surface area (Å²) in [6.07, 6.45) is 1.12. The maximum Gasteiger partial charge on any atom is 0.251 e. The predicted octanol–water partition coefficient (Wildman–Crippen LogP) is 1.72. The fourth-order valence-electron chi connectivity index (χ4n) is 2.22. The van der Waals surface area contributed by atoms with Crippen molar-refractivity contribution in [3.8, 4) is 0 Å². The summed E-state index contributed by atoms with van der Waals surface area (Å²) in [5, 5.41) is 6.43. The zero-order chi connectivity index (χ0) is 12.3. The van der Waals surface area contributed by atoms with Crippen molar-refractivity contribution >= 4 is 5.91 Å². The highest BCUT2D eigenvalue weighted by Crippen LogP contribution is 2.12. The normalized spacial score (nSPS) is 24.4. The Morgan fingerprint density at radius 3 is 3.00 bits per heavy atom. The van der Waals surface area contributed by atoms with E-state index < -0.39 is 0 Å². The third kappa shape index (κ3) is 3.07. The zero-order valence-corrected chi connectivity index (χ0v) is 10.5. The number of nitrogens with one attached hydrogen (secondary N) is 2. The highest BCUT2D eigenvalue weighted by molar-refractivity contribution is 5.94. The fourth-order valence-corrected chi connectivity index (χ4v) is 2.22. The van der Waals surface area contributed by atoms with Crippen molar-refractivity contribution in [1.82, 2.24) is 10.6 Å². The maximum absolute atomic E-state index is 12.1. The first-order chi connectivity index (χ1) is 8.16. The first-order valence-electron chi connectivity index (χ1n) is 6.25. The van der Waals surface area contributed by atoms with Crippen LogP contribution in [0.1, 0.15) is 29.3 Å². The van der Waals surface area contributed by atoms with E-state index in [1.807, 2.05) is 31.2 Å². The van der Waals surface area contributed by atoms with Crippen LogP contribution in [0.4, 0.5) is 0 Å². The standard InChI is InChI=1S/C14H20N2O/c1-10-4-3-5-12(8-10)14(17)16-13-9-15-7-6-11(13)2/h3-5,8,11,13,15H,6-7,9H2,1-2H3,(H,16,17). The number of hydrogen-bond acceptors (Lipinski definition) is 2. The minimum atomic E-state index is 0.0363. The molecule has 2 unspecified atom stereocenters. The van der Waals surface area contributed by atoms with Crippen molar-refractivity contribution in [1.29, 1.82) is 0 Å². The van der Waals surface area contributed by atoms with Crippen LogP contribution in [-0.2, 0) is 0 Å². The molecular weight excluding hydrogens is 212 g/mol. The average molecular weight is 232 g/mol. The topological polar surface area (TPSA) is 41.1 Å². The molecule has 17 heavy (non-hydrogen) atoms. The van der Waals surface area contributed by atoms with Crippen LogP contribution in [0.15, 0.2) is 24.3 Å². The number of hydrogen-bond donors (Lipinski definition) is 2. The number of carbonyl (C=O) groups is 1. The Hall–Kier alpha value is -1.35. The second-order valence-corrected chi connectivity index (χ2v) is 4.92. The van der Waals surface area contributed by atoms with E-state index in [-0.39, 0.29) is 11.9 Å². The molecule has 0 saturated carbocycles. The summed E-state index contributed by atoms with van der Waals surface area (Å²) < 4.78 is 0. The van der Waals surface area contributed by atoms with Crippen molar-refractivity contribution < 1.29 is 4.79 Å². The van der Waals surface area contributed by atoms with Gasteiger partial charge in [-0.3, -0.25) is 4.79 Å². The predicted molar refractivity (Wildman–Crippen MR) is 69.1 cm³/mol. The molecule has 1 heterocycles. The highest BCUT2D eigenvalue weighted by Gasteiger charge is 2.22. The molecule has 3 heteroatoms. The van der Waals surface area contributed by atoms with Gasteiger partial charge in [-0.15, -0.1) is 0 Å². The van der Waals surface area contributed by atoms with Gasteiger partial charge >= 0.3 is 0 Å². The van der Waals surface area contributed by atoms with Gasteiger partial charge in [-0.2, -0.15) is 0 Å². The van der Waals surface area contributed by atoms with E-state index in [0.717, 1.165) is 30.6 Å². The van der Waals surface area contributed by atoms with Gasteiger partial charge in [-0.1, -0.05) is 24.6 Å². The number of amides is 1. The lowest BCUT2D eigenvalue weighted by atomic mass is 9.94. The van der Waals surface area contributed by atoms with Crippen LogP contribution in [0.2, 0.25) is 0 Å². The molecule has 0 bridgehead atoms. The first kappa shape index (κ1) is 12.1. The lowest BCUT2D eigenvalue weighted by Gasteiger charge is -2.30. The van der Waals surface area contributed by atoms with Gasteiger partial charge in [0.15, 0.2) is 0 Å². The third-order valence-electron chi connectivity index (χ3n) is 3.42. The molecule has 92 valence electrons. The summed E-state index contributed by atoms with van der Waals surface area (Å²) in [7, 11) is 0. The van der Waals surface area contributed by atoms with Crippen LogP contribution < -0.4 is 10.6 Å². The molecule has 1 aliphatic rings. The quantitative estimate of drug-likeness (QED) is 0.815. The Morgan fingerprint density at radius 2 is 2.29 bits per heavy atom. The van der Waals surface area contributed by atoms with E-state index in [9.17, 15) is 4.79 Å². The van der Waals surface area contributed by atoms with Crippen molar-refractivity contribution in [2.45, 2.75) is 26.3 Å². The molecule has 0 radical (unpaired) electrons. The van der Waals surface area contributed by atoms with E-state index in [0.29, 0.717) is 5.92 Å². The molecule has 2 rings (SSSR count). The molecule has 2 atom stereocenters. The summed E-state index contributed by atoms with van der Waals surface area (Å²) in [6.45, 7) is 6.13. The molecule has 1 amide bonds. The largest absolute Gasteiger partial charge is 0.348 e. The van der Waals surface area contributed by atoms with Gasteiger partial charge in [-0.25, -0.2) is 0 Å². The van der Waals surface area contributed by atoms with Gasteiger partial charge in [0.1, 0.15) is 0 Å². The highest BCUT2D eigenvalue weighted by atomic mass is 16.1. The Bertz CT molecular complexity index is 403. The molecule has 0 aliphatic carbocycles. The summed E-state index contributed by atoms with van der Waals surface area (Å²) >= 11 is 0. The van der Waals surface area contributed by atoms with Crippen LogP contribution in [0.3, 0.4) is 0 Å². The number of piperidine rings is 1. The summed E-state index contributed by atoms with van der Waals surface area (Å²) in [4.78, 5) is 12.1. The molecule has 1 aromatic rings. The second kappa shape index (κ2) is 5.32. The van der Waals surface area contributed by atoms with Gasteiger partial charge < -0.3 is 10.6 Å². The SMILES string of the molecule is Cc1cccc(C(=O)NC2CNCCC2C)c1. The van der Waals surface area contributed by atoms with Crippen molar-refractivity contribution in [3.63, 3.8) is 0 Å². The third-order valence-corrected chi connectivity index (χ3v) is 3.42. The average Bonchev–Trinajstić information content (AvgIpc) is 2.32. The van der Waals surface area contributed by atoms with Crippen LogP contribution >= 0.6 is 0 Å². The Balaban J connectivity index is 2.01. The lowest BCUT2D eigenvalue weighted by Crippen LogP contribution is -2.50. The number of aryl methyl sites for hydroxylation is 1. The molecule has 0 aromatic heterocycles. The van der Waals surface area contributed by atoms with Crippen LogP contribution in [0.25, 0.3) is 0 Å². The summed E-state index contributed by atoms with van der Waals surface area (Å²) in [6, 6.07) is 7.96. The molecule has 1 saturated heterocycles. The number of rotatable bonds is 2. The van der Waals surface area contributed by atoms with Crippen LogP contribution in [0, 0.1) is 12.8 Å². The van der Waals surface area contributed by atoms with E-state index in [1.165, 1.54) is 0 Å². The fraction of sp³-hybridized carbons (Fsp3) is 0.500. The summed E-state index contributed by atoms with van der Waals surface area (Å²) in [5.74, 6) is 0.583. The minimum Gasteiger partial charge on any atom is -0.348 e. The van der Waals surface area contributed by atoms with Crippen molar-refractivity contribution in [2.24, 2.45) is 5.92 Å². The van der Waals surface area contributed by atoms with Crippen LogP contribution in [-0.4, -0.2) is 25.0 Å². The first-order valence-corrected chi connectivity index (χ1v) is 6.25. The summed E-state index contributed by atoms with van der Waals surface area (Å²) in [5.41, 5.74) is 1.87.